The number of para-hydroxylation sites is 1. The lowest BCUT2D eigenvalue weighted by atomic mass is 10.1. The molecule has 0 spiro atoms. The van der Waals surface area contributed by atoms with Crippen molar-refractivity contribution in [3.05, 3.63) is 78.5 Å². The molecule has 9 heteroatoms. The molecule has 2 aromatic heterocycles. The molecule has 1 aliphatic heterocycles. The van der Waals surface area contributed by atoms with Crippen molar-refractivity contribution in [2.24, 2.45) is 5.92 Å². The van der Waals surface area contributed by atoms with E-state index in [4.69, 9.17) is 10.5 Å². The van der Waals surface area contributed by atoms with Crippen LogP contribution in [0.15, 0.2) is 72.7 Å². The molecule has 1 saturated carbocycles. The number of hydrogen-bond donors (Lipinski definition) is 1. The number of nitrogens with zero attached hydrogens (tertiary/aromatic N) is 5. The predicted octanol–water partition coefficient (Wildman–Crippen LogP) is 5.46. The number of aromatic nitrogens is 3. The Kier molecular flexibility index (Phi) is 6.45. The molecule has 1 saturated heterocycles. The fourth-order valence-corrected chi connectivity index (χ4v) is 5.22. The molecular weight excluding hydrogens is 495 g/mol. The highest BCUT2D eigenvalue weighted by molar-refractivity contribution is 6.01. The van der Waals surface area contributed by atoms with Crippen LogP contribution in [0.3, 0.4) is 0 Å². The van der Waals surface area contributed by atoms with Crippen molar-refractivity contribution in [2.75, 3.05) is 12.3 Å². The maximum Gasteiger partial charge on any atom is 0.264 e. The second-order valence-corrected chi connectivity index (χ2v) is 10.0. The van der Waals surface area contributed by atoms with Crippen LogP contribution in [0, 0.1) is 23.1 Å². The van der Waals surface area contributed by atoms with Crippen LogP contribution in [0.4, 0.5) is 10.2 Å². The van der Waals surface area contributed by atoms with Crippen LogP contribution in [-0.4, -0.2) is 37.9 Å². The number of hydrogen-bond acceptors (Lipinski definition) is 6. The second kappa shape index (κ2) is 10.2. The third-order valence-corrected chi connectivity index (χ3v) is 7.31. The molecule has 39 heavy (non-hydrogen) atoms. The number of nitrogens with two attached hydrogens (primary N) is 1. The number of carbonyl (C=O) groups excluding carboxylic acids is 1. The summed E-state index contributed by atoms with van der Waals surface area (Å²) in [5.41, 5.74) is 7.96. The molecular formula is C30H27FN6O2. The molecule has 196 valence electrons. The number of carbonyl (C=O) groups is 1. The van der Waals surface area contributed by atoms with Crippen molar-refractivity contribution in [3.8, 4) is 28.7 Å². The van der Waals surface area contributed by atoms with Gasteiger partial charge in [-0.05, 0) is 55.9 Å². The molecule has 1 atom stereocenters. The molecule has 0 radical (unpaired) electrons. The van der Waals surface area contributed by atoms with Gasteiger partial charge in [0.05, 0.1) is 11.4 Å². The normalized spacial score (nSPS) is 17.4. The second-order valence-electron chi connectivity index (χ2n) is 10.0. The Balaban J connectivity index is 1.32. The van der Waals surface area contributed by atoms with E-state index in [1.165, 1.54) is 12.4 Å². The maximum absolute atomic E-state index is 15.5. The number of allylic oxidation sites excluding steroid dienone is 1. The van der Waals surface area contributed by atoms with Gasteiger partial charge in [0.1, 0.15) is 46.8 Å². The van der Waals surface area contributed by atoms with E-state index in [1.54, 1.807) is 29.2 Å². The van der Waals surface area contributed by atoms with E-state index in [0.29, 0.717) is 52.7 Å². The highest BCUT2D eigenvalue weighted by Crippen LogP contribution is 2.37. The lowest BCUT2D eigenvalue weighted by Crippen LogP contribution is -2.38. The average molecular weight is 523 g/mol. The first-order valence-corrected chi connectivity index (χ1v) is 13.1. The molecule has 6 rings (SSSR count). The van der Waals surface area contributed by atoms with Gasteiger partial charge in [-0.15, -0.1) is 0 Å². The highest BCUT2D eigenvalue weighted by atomic mass is 19.1. The van der Waals surface area contributed by atoms with Crippen molar-refractivity contribution >= 4 is 22.8 Å². The van der Waals surface area contributed by atoms with Crippen LogP contribution < -0.4 is 10.5 Å². The number of rotatable bonds is 7. The summed E-state index contributed by atoms with van der Waals surface area (Å²) in [6.45, 7) is 1.03. The van der Waals surface area contributed by atoms with Crippen LogP contribution in [-0.2, 0) is 11.3 Å². The number of amides is 1. The molecule has 1 unspecified atom stereocenters. The van der Waals surface area contributed by atoms with E-state index in [2.05, 4.69) is 16.0 Å². The summed E-state index contributed by atoms with van der Waals surface area (Å²) in [6.07, 6.45) is 8.70. The zero-order valence-corrected chi connectivity index (χ0v) is 21.3. The number of ether oxygens (including phenoxy) is 1. The van der Waals surface area contributed by atoms with Gasteiger partial charge < -0.3 is 19.9 Å². The Hall–Kier alpha value is -4.71. The molecule has 1 amide bonds. The van der Waals surface area contributed by atoms with E-state index in [0.717, 1.165) is 25.7 Å². The fourth-order valence-electron chi connectivity index (χ4n) is 5.22. The lowest BCUT2D eigenvalue weighted by Gasteiger charge is -2.25. The molecule has 0 bridgehead atoms. The summed E-state index contributed by atoms with van der Waals surface area (Å²) in [5.74, 6) is 0.880. The van der Waals surface area contributed by atoms with Crippen LogP contribution >= 0.6 is 0 Å². The Morgan fingerprint density at radius 3 is 2.69 bits per heavy atom. The fraction of sp³-hybridized carbons (Fsp3) is 0.267. The van der Waals surface area contributed by atoms with Crippen molar-refractivity contribution in [1.82, 2.24) is 19.4 Å². The zero-order chi connectivity index (χ0) is 26.9. The standard InChI is InChI=1S/C30H27FN6O2/c31-26-14-23(39-22-6-2-1-3-7-22)10-11-24(26)25-17-36(29-27(25)28(33)34-18-35-29)16-21-5-4-12-37(21)30(38)20(15-32)13-19-8-9-19/h1-3,6-7,10-11,13-14,17-19,21H,4-5,8-9,12,16H2,(H2,33,34,35)/b20-13+. The van der Waals surface area contributed by atoms with E-state index >= 15 is 4.39 Å². The van der Waals surface area contributed by atoms with Crippen molar-refractivity contribution in [3.63, 3.8) is 0 Å². The molecule has 8 nitrogen and oxygen atoms in total. The third kappa shape index (κ3) is 4.93. The number of halogens is 1. The monoisotopic (exact) mass is 522 g/mol. The molecule has 2 N–H and O–H groups in total. The molecule has 2 fully saturated rings. The van der Waals surface area contributed by atoms with Crippen molar-refractivity contribution < 1.29 is 13.9 Å². The first-order chi connectivity index (χ1) is 19.0. The first kappa shape index (κ1) is 24.6. The van der Waals surface area contributed by atoms with Gasteiger partial charge in [0.15, 0.2) is 0 Å². The highest BCUT2D eigenvalue weighted by Gasteiger charge is 2.33. The van der Waals surface area contributed by atoms with Crippen LogP contribution in [0.25, 0.3) is 22.2 Å². The number of likely N-dealkylation sites (tertiary alicyclic amines) is 1. The summed E-state index contributed by atoms with van der Waals surface area (Å²) in [4.78, 5) is 23.6. The van der Waals surface area contributed by atoms with Gasteiger partial charge in [-0.3, -0.25) is 4.79 Å². The van der Waals surface area contributed by atoms with Gasteiger partial charge in [-0.1, -0.05) is 24.3 Å². The summed E-state index contributed by atoms with van der Waals surface area (Å²) in [5, 5.41) is 10.1. The summed E-state index contributed by atoms with van der Waals surface area (Å²) in [6, 6.07) is 15.9. The largest absolute Gasteiger partial charge is 0.457 e. The Morgan fingerprint density at radius 2 is 1.95 bits per heavy atom. The minimum absolute atomic E-state index is 0.125. The molecule has 3 heterocycles. The summed E-state index contributed by atoms with van der Waals surface area (Å²) in [7, 11) is 0. The molecule has 2 aromatic carbocycles. The lowest BCUT2D eigenvalue weighted by molar-refractivity contribution is -0.127. The number of anilines is 1. The summed E-state index contributed by atoms with van der Waals surface area (Å²) >= 11 is 0. The smallest absolute Gasteiger partial charge is 0.264 e. The van der Waals surface area contributed by atoms with Gasteiger partial charge >= 0.3 is 0 Å². The van der Waals surface area contributed by atoms with E-state index < -0.39 is 5.82 Å². The Labute approximate surface area is 225 Å². The number of nitriles is 1. The first-order valence-electron chi connectivity index (χ1n) is 13.1. The van der Waals surface area contributed by atoms with Gasteiger partial charge in [-0.25, -0.2) is 14.4 Å². The Bertz CT molecular complexity index is 1620. The van der Waals surface area contributed by atoms with Crippen molar-refractivity contribution in [1.29, 1.82) is 5.26 Å². The molecule has 4 aromatic rings. The maximum atomic E-state index is 15.5. The number of fused-ring (bicyclic) bond motifs is 1. The third-order valence-electron chi connectivity index (χ3n) is 7.31. The van der Waals surface area contributed by atoms with E-state index in [-0.39, 0.29) is 23.3 Å². The number of benzene rings is 2. The van der Waals surface area contributed by atoms with Crippen molar-refractivity contribution in [2.45, 2.75) is 38.3 Å². The van der Waals surface area contributed by atoms with Crippen LogP contribution in [0.2, 0.25) is 0 Å². The van der Waals surface area contributed by atoms with Gasteiger partial charge in [-0.2, -0.15) is 5.26 Å². The average Bonchev–Trinajstić information content (AvgIpc) is 3.52. The quantitative estimate of drug-likeness (QED) is 0.255. The van der Waals surface area contributed by atoms with E-state index in [9.17, 15) is 10.1 Å². The van der Waals surface area contributed by atoms with Crippen LogP contribution in [0.1, 0.15) is 25.7 Å². The van der Waals surface area contributed by atoms with Gasteiger partial charge in [0.2, 0.25) is 0 Å². The minimum atomic E-state index is -0.465. The SMILES string of the molecule is N#C/C(=C\C1CC1)C(=O)N1CCCC1Cn1cc(-c2ccc(Oc3ccccc3)cc2F)c2c(N)ncnc21. The predicted molar refractivity (Wildman–Crippen MR) is 145 cm³/mol. The molecule has 1 aliphatic carbocycles. The number of nitrogen functional groups attached to an aromatic ring is 1. The molecule has 2 aliphatic rings. The minimum Gasteiger partial charge on any atom is -0.457 e. The van der Waals surface area contributed by atoms with Gasteiger partial charge in [0.25, 0.3) is 5.91 Å². The Morgan fingerprint density at radius 1 is 1.13 bits per heavy atom. The van der Waals surface area contributed by atoms with Gasteiger partial charge in [0, 0.05) is 36.5 Å². The van der Waals surface area contributed by atoms with Crippen LogP contribution in [0.5, 0.6) is 11.5 Å². The topological polar surface area (TPSA) is 110 Å². The van der Waals surface area contributed by atoms with E-state index in [1.807, 2.05) is 35.0 Å². The zero-order valence-electron chi connectivity index (χ0n) is 21.3. The summed E-state index contributed by atoms with van der Waals surface area (Å²) < 4.78 is 23.1.